The molecule has 0 spiro atoms. The van der Waals surface area contributed by atoms with Crippen LogP contribution in [0.3, 0.4) is 0 Å². The molecule has 0 fully saturated rings. The SMILES string of the molecule is CCC(CC)(CCl)CNS(=O)(=O)c1ccc(C)s1. The van der Waals surface area contributed by atoms with E-state index in [0.29, 0.717) is 16.6 Å². The zero-order valence-electron chi connectivity index (χ0n) is 11.0. The minimum absolute atomic E-state index is 0.152. The van der Waals surface area contributed by atoms with Gasteiger partial charge in [-0.05, 0) is 37.3 Å². The van der Waals surface area contributed by atoms with E-state index in [0.717, 1.165) is 17.7 Å². The third-order valence-corrected chi connectivity index (χ3v) is 6.86. The predicted molar refractivity (Wildman–Crippen MR) is 78.0 cm³/mol. The van der Waals surface area contributed by atoms with Gasteiger partial charge in [0.05, 0.1) is 0 Å². The molecule has 0 aliphatic heterocycles. The van der Waals surface area contributed by atoms with Crippen molar-refractivity contribution in [2.75, 3.05) is 12.4 Å². The maximum atomic E-state index is 12.1. The smallest absolute Gasteiger partial charge is 0.210 e. The fourth-order valence-electron chi connectivity index (χ4n) is 1.61. The maximum Gasteiger partial charge on any atom is 0.250 e. The lowest BCUT2D eigenvalue weighted by atomic mass is 9.85. The molecule has 0 aromatic carbocycles. The van der Waals surface area contributed by atoms with Gasteiger partial charge in [0.1, 0.15) is 4.21 Å². The number of hydrogen-bond acceptors (Lipinski definition) is 3. The van der Waals surface area contributed by atoms with E-state index in [4.69, 9.17) is 11.6 Å². The molecule has 1 heterocycles. The number of aryl methyl sites for hydroxylation is 1. The summed E-state index contributed by atoms with van der Waals surface area (Å²) in [6, 6.07) is 3.45. The average Bonchev–Trinajstić information content (AvgIpc) is 2.79. The van der Waals surface area contributed by atoms with Gasteiger partial charge < -0.3 is 0 Å². The standard InChI is InChI=1S/C12H20ClNO2S2/c1-4-12(5-2,8-13)9-14-18(15,16)11-7-6-10(3)17-11/h6-7,14H,4-5,8-9H2,1-3H3. The highest BCUT2D eigenvalue weighted by molar-refractivity contribution is 7.91. The topological polar surface area (TPSA) is 46.2 Å². The van der Waals surface area contributed by atoms with Crippen molar-refractivity contribution in [3.63, 3.8) is 0 Å². The molecule has 0 aliphatic rings. The van der Waals surface area contributed by atoms with Crippen LogP contribution >= 0.6 is 22.9 Å². The first-order chi connectivity index (χ1) is 8.39. The van der Waals surface area contributed by atoms with Gasteiger partial charge in [-0.3, -0.25) is 0 Å². The summed E-state index contributed by atoms with van der Waals surface area (Å²) in [6.07, 6.45) is 1.72. The number of sulfonamides is 1. The average molecular weight is 310 g/mol. The van der Waals surface area contributed by atoms with Crippen molar-refractivity contribution in [1.82, 2.24) is 4.72 Å². The zero-order chi connectivity index (χ0) is 13.8. The molecule has 0 amide bonds. The molecule has 6 heteroatoms. The summed E-state index contributed by atoms with van der Waals surface area (Å²) in [5, 5.41) is 0. The largest absolute Gasteiger partial charge is 0.250 e. The maximum absolute atomic E-state index is 12.1. The van der Waals surface area contributed by atoms with Gasteiger partial charge in [-0.25, -0.2) is 13.1 Å². The van der Waals surface area contributed by atoms with E-state index in [1.54, 1.807) is 6.07 Å². The number of alkyl halides is 1. The molecule has 3 nitrogen and oxygen atoms in total. The fourth-order valence-corrected chi connectivity index (χ4v) is 4.57. The lowest BCUT2D eigenvalue weighted by molar-refractivity contribution is 0.305. The molecule has 104 valence electrons. The van der Waals surface area contributed by atoms with Crippen LogP contribution < -0.4 is 4.72 Å². The first kappa shape index (κ1) is 16.0. The van der Waals surface area contributed by atoms with Crippen molar-refractivity contribution in [1.29, 1.82) is 0 Å². The van der Waals surface area contributed by atoms with Crippen molar-refractivity contribution in [2.24, 2.45) is 5.41 Å². The van der Waals surface area contributed by atoms with E-state index in [2.05, 4.69) is 4.72 Å². The molecule has 18 heavy (non-hydrogen) atoms. The molecule has 0 bridgehead atoms. The van der Waals surface area contributed by atoms with Crippen LogP contribution in [0.1, 0.15) is 31.6 Å². The van der Waals surface area contributed by atoms with Crippen LogP contribution in [0.4, 0.5) is 0 Å². The highest BCUT2D eigenvalue weighted by Crippen LogP contribution is 2.28. The molecule has 0 aliphatic carbocycles. The van der Waals surface area contributed by atoms with Gasteiger partial charge in [0.15, 0.2) is 0 Å². The molecule has 1 N–H and O–H groups in total. The Kier molecular flexibility index (Phi) is 5.65. The van der Waals surface area contributed by atoms with Crippen molar-refractivity contribution < 1.29 is 8.42 Å². The van der Waals surface area contributed by atoms with Crippen molar-refractivity contribution in [2.45, 2.75) is 37.8 Å². The molecular formula is C12H20ClNO2S2. The second-order valence-electron chi connectivity index (χ2n) is 4.53. The Hall–Kier alpha value is -0.100. The van der Waals surface area contributed by atoms with E-state index in [1.807, 2.05) is 26.8 Å². The Morgan fingerprint density at radius 1 is 1.33 bits per heavy atom. The van der Waals surface area contributed by atoms with Gasteiger partial charge in [-0.1, -0.05) is 13.8 Å². The van der Waals surface area contributed by atoms with E-state index in [1.165, 1.54) is 11.3 Å². The first-order valence-corrected chi connectivity index (χ1v) is 8.84. The van der Waals surface area contributed by atoms with Gasteiger partial charge in [0.2, 0.25) is 10.0 Å². The summed E-state index contributed by atoms with van der Waals surface area (Å²) in [7, 11) is -3.39. The van der Waals surface area contributed by atoms with Crippen LogP contribution in [0.5, 0.6) is 0 Å². The highest BCUT2D eigenvalue weighted by atomic mass is 35.5. The minimum Gasteiger partial charge on any atom is -0.210 e. The third kappa shape index (κ3) is 3.70. The van der Waals surface area contributed by atoms with E-state index in [9.17, 15) is 8.42 Å². The van der Waals surface area contributed by atoms with E-state index in [-0.39, 0.29) is 5.41 Å². The van der Waals surface area contributed by atoms with Gasteiger partial charge in [-0.2, -0.15) is 0 Å². The van der Waals surface area contributed by atoms with Crippen LogP contribution in [0.15, 0.2) is 16.3 Å². The Balaban J connectivity index is 2.79. The van der Waals surface area contributed by atoms with E-state index >= 15 is 0 Å². The summed E-state index contributed by atoms with van der Waals surface area (Å²) in [5.41, 5.74) is -0.152. The number of thiophene rings is 1. The van der Waals surface area contributed by atoms with Gasteiger partial charge in [-0.15, -0.1) is 22.9 Å². The fraction of sp³-hybridized carbons (Fsp3) is 0.667. The van der Waals surface area contributed by atoms with Gasteiger partial charge in [0.25, 0.3) is 0 Å². The number of nitrogens with one attached hydrogen (secondary N) is 1. The Labute approximate surface area is 119 Å². The first-order valence-electron chi connectivity index (χ1n) is 6.01. The van der Waals surface area contributed by atoms with Crippen LogP contribution in [0.2, 0.25) is 0 Å². The second-order valence-corrected chi connectivity index (χ2v) is 8.08. The third-order valence-electron chi connectivity index (χ3n) is 3.40. The van der Waals surface area contributed by atoms with Crippen molar-refractivity contribution in [3.8, 4) is 0 Å². The normalized spacial score (nSPS) is 12.9. The zero-order valence-corrected chi connectivity index (χ0v) is 13.4. The molecule has 0 unspecified atom stereocenters. The molecule has 0 atom stereocenters. The van der Waals surface area contributed by atoms with Gasteiger partial charge in [0, 0.05) is 17.3 Å². The van der Waals surface area contributed by atoms with Crippen molar-refractivity contribution >= 4 is 33.0 Å². The van der Waals surface area contributed by atoms with Crippen molar-refractivity contribution in [3.05, 3.63) is 17.0 Å². The molecule has 0 radical (unpaired) electrons. The Bertz CT molecular complexity index is 470. The molecule has 0 saturated carbocycles. The minimum atomic E-state index is -3.39. The predicted octanol–water partition coefficient (Wildman–Crippen LogP) is 3.38. The summed E-state index contributed by atoms with van der Waals surface area (Å²) in [6.45, 7) is 6.36. The number of rotatable bonds is 7. The summed E-state index contributed by atoms with van der Waals surface area (Å²) < 4.78 is 27.2. The van der Waals surface area contributed by atoms with E-state index < -0.39 is 10.0 Å². The molecule has 1 aromatic heterocycles. The monoisotopic (exact) mass is 309 g/mol. The second kappa shape index (κ2) is 6.37. The quantitative estimate of drug-likeness (QED) is 0.785. The lowest BCUT2D eigenvalue weighted by Gasteiger charge is -2.29. The summed E-state index contributed by atoms with van der Waals surface area (Å²) in [4.78, 5) is 0.991. The number of halogens is 1. The Morgan fingerprint density at radius 2 is 1.94 bits per heavy atom. The van der Waals surface area contributed by atoms with Crippen LogP contribution in [-0.4, -0.2) is 20.8 Å². The number of hydrogen-bond donors (Lipinski definition) is 1. The van der Waals surface area contributed by atoms with Gasteiger partial charge >= 0.3 is 0 Å². The van der Waals surface area contributed by atoms with Crippen LogP contribution in [0, 0.1) is 12.3 Å². The Morgan fingerprint density at radius 3 is 2.33 bits per heavy atom. The summed E-state index contributed by atoms with van der Waals surface area (Å²) >= 11 is 7.26. The lowest BCUT2D eigenvalue weighted by Crippen LogP contribution is -2.38. The van der Waals surface area contributed by atoms with Crippen LogP contribution in [0.25, 0.3) is 0 Å². The molecule has 1 rings (SSSR count). The molecular weight excluding hydrogens is 290 g/mol. The molecule has 0 saturated heterocycles. The van der Waals surface area contributed by atoms with Crippen LogP contribution in [-0.2, 0) is 10.0 Å². The molecule has 1 aromatic rings. The summed E-state index contributed by atoms with van der Waals surface area (Å²) in [5.74, 6) is 0.464. The highest BCUT2D eigenvalue weighted by Gasteiger charge is 2.28.